The lowest BCUT2D eigenvalue weighted by Crippen LogP contribution is -2.33. The van der Waals surface area contributed by atoms with Crippen LogP contribution in [-0.2, 0) is 19.1 Å². The molecule has 4 nitrogen and oxygen atoms in total. The summed E-state index contributed by atoms with van der Waals surface area (Å²) in [5.41, 5.74) is 1.15. The van der Waals surface area contributed by atoms with Gasteiger partial charge in [-0.3, -0.25) is 9.59 Å². The lowest BCUT2D eigenvalue weighted by atomic mass is 9.87. The van der Waals surface area contributed by atoms with Gasteiger partial charge in [-0.2, -0.15) is 0 Å². The molecule has 0 saturated heterocycles. The second-order valence-corrected chi connectivity index (χ2v) is 3.89. The number of methoxy groups -OCH3 is 2. The highest BCUT2D eigenvalue weighted by atomic mass is 16.5. The van der Waals surface area contributed by atoms with Gasteiger partial charge in [0.05, 0.1) is 14.2 Å². The minimum atomic E-state index is -0.802. The highest BCUT2D eigenvalue weighted by Gasteiger charge is 2.40. The van der Waals surface area contributed by atoms with Gasteiger partial charge in [0, 0.05) is 5.92 Å². The van der Waals surface area contributed by atoms with Crippen molar-refractivity contribution >= 4 is 11.9 Å². The number of allylic oxidation sites excluding steroid dienone is 2. The number of carbonyl (C=O) groups excluding carboxylic acids is 2. The molecule has 0 aromatic carbocycles. The summed E-state index contributed by atoms with van der Waals surface area (Å²) in [7, 11) is 2.59. The van der Waals surface area contributed by atoms with Crippen molar-refractivity contribution in [2.75, 3.05) is 14.2 Å². The molecule has 0 radical (unpaired) electrons. The van der Waals surface area contributed by atoms with Crippen molar-refractivity contribution < 1.29 is 19.1 Å². The Hall–Kier alpha value is -1.32. The van der Waals surface area contributed by atoms with Gasteiger partial charge in [0.25, 0.3) is 0 Å². The fourth-order valence-corrected chi connectivity index (χ4v) is 2.31. The lowest BCUT2D eigenvalue weighted by molar-refractivity contribution is -0.160. The standard InChI is InChI=1S/C12H18O4/c1-4-8-6-5-7-9(8)10(11(13)15-2)12(14)16-3/h4,9-10H,5-7H2,1-3H3/b8-4+. The Kier molecular flexibility index (Phi) is 4.52. The van der Waals surface area contributed by atoms with Crippen molar-refractivity contribution in [1.29, 1.82) is 0 Å². The molecular weight excluding hydrogens is 208 g/mol. The maximum absolute atomic E-state index is 11.6. The van der Waals surface area contributed by atoms with Crippen LogP contribution in [0.25, 0.3) is 0 Å². The van der Waals surface area contributed by atoms with Crippen LogP contribution in [0.3, 0.4) is 0 Å². The quantitative estimate of drug-likeness (QED) is 0.417. The summed E-state index contributed by atoms with van der Waals surface area (Å²) in [6, 6.07) is 0. The average Bonchev–Trinajstić information content (AvgIpc) is 2.76. The van der Waals surface area contributed by atoms with E-state index in [0.717, 1.165) is 24.8 Å². The summed E-state index contributed by atoms with van der Waals surface area (Å²) >= 11 is 0. The summed E-state index contributed by atoms with van der Waals surface area (Å²) in [6.07, 6.45) is 4.78. The summed E-state index contributed by atoms with van der Waals surface area (Å²) in [5.74, 6) is -1.86. The van der Waals surface area contributed by atoms with Crippen LogP contribution in [0.2, 0.25) is 0 Å². The first-order valence-electron chi connectivity index (χ1n) is 5.46. The predicted molar refractivity (Wildman–Crippen MR) is 58.6 cm³/mol. The highest BCUT2D eigenvalue weighted by Crippen LogP contribution is 2.37. The van der Waals surface area contributed by atoms with Crippen LogP contribution in [0.5, 0.6) is 0 Å². The van der Waals surface area contributed by atoms with Crippen LogP contribution in [0, 0.1) is 11.8 Å². The Morgan fingerprint density at radius 3 is 2.31 bits per heavy atom. The van der Waals surface area contributed by atoms with Crippen molar-refractivity contribution in [3.8, 4) is 0 Å². The first-order chi connectivity index (χ1) is 7.65. The second-order valence-electron chi connectivity index (χ2n) is 3.89. The molecule has 1 unspecified atom stereocenters. The smallest absolute Gasteiger partial charge is 0.320 e. The molecule has 4 heteroatoms. The molecule has 0 aliphatic heterocycles. The van der Waals surface area contributed by atoms with E-state index < -0.39 is 17.9 Å². The molecular formula is C12H18O4. The molecule has 1 aliphatic carbocycles. The van der Waals surface area contributed by atoms with E-state index in [1.807, 2.05) is 13.0 Å². The van der Waals surface area contributed by atoms with Gasteiger partial charge in [-0.1, -0.05) is 11.6 Å². The van der Waals surface area contributed by atoms with Gasteiger partial charge >= 0.3 is 11.9 Å². The first-order valence-corrected chi connectivity index (χ1v) is 5.46. The van der Waals surface area contributed by atoms with Crippen LogP contribution in [0.1, 0.15) is 26.2 Å². The van der Waals surface area contributed by atoms with Crippen LogP contribution >= 0.6 is 0 Å². The third-order valence-electron chi connectivity index (χ3n) is 3.14. The molecule has 1 atom stereocenters. The van der Waals surface area contributed by atoms with Gasteiger partial charge in [0.2, 0.25) is 0 Å². The number of hydrogen-bond donors (Lipinski definition) is 0. The number of rotatable bonds is 3. The van der Waals surface area contributed by atoms with Gasteiger partial charge in [-0.25, -0.2) is 0 Å². The molecule has 1 fully saturated rings. The van der Waals surface area contributed by atoms with E-state index in [2.05, 4.69) is 9.47 Å². The number of hydrogen-bond acceptors (Lipinski definition) is 4. The minimum Gasteiger partial charge on any atom is -0.468 e. The number of carbonyl (C=O) groups is 2. The normalized spacial score (nSPS) is 22.5. The maximum atomic E-state index is 11.6. The average molecular weight is 226 g/mol. The van der Waals surface area contributed by atoms with Crippen LogP contribution in [-0.4, -0.2) is 26.2 Å². The highest BCUT2D eigenvalue weighted by molar-refractivity contribution is 5.95. The van der Waals surface area contributed by atoms with E-state index in [4.69, 9.17) is 0 Å². The molecule has 0 aromatic heterocycles. The fraction of sp³-hybridized carbons (Fsp3) is 0.667. The maximum Gasteiger partial charge on any atom is 0.320 e. The van der Waals surface area contributed by atoms with E-state index >= 15 is 0 Å². The largest absolute Gasteiger partial charge is 0.468 e. The van der Waals surface area contributed by atoms with E-state index in [-0.39, 0.29) is 5.92 Å². The van der Waals surface area contributed by atoms with Gasteiger partial charge in [-0.15, -0.1) is 0 Å². The Balaban J connectivity index is 2.92. The molecule has 16 heavy (non-hydrogen) atoms. The summed E-state index contributed by atoms with van der Waals surface area (Å²) < 4.78 is 9.35. The summed E-state index contributed by atoms with van der Waals surface area (Å²) in [6.45, 7) is 1.93. The monoisotopic (exact) mass is 226 g/mol. The SMILES string of the molecule is C/C=C1\CCCC1C(C(=O)OC)C(=O)OC. The molecule has 0 aromatic rings. The lowest BCUT2D eigenvalue weighted by Gasteiger charge is -2.20. The van der Waals surface area contributed by atoms with Crippen molar-refractivity contribution in [3.05, 3.63) is 11.6 Å². The van der Waals surface area contributed by atoms with Gasteiger partial charge in [0.15, 0.2) is 5.92 Å². The molecule has 1 saturated carbocycles. The second kappa shape index (κ2) is 5.68. The molecule has 1 aliphatic rings. The number of esters is 2. The van der Waals surface area contributed by atoms with E-state index in [1.54, 1.807) is 0 Å². The zero-order valence-corrected chi connectivity index (χ0v) is 9.99. The van der Waals surface area contributed by atoms with E-state index in [0.29, 0.717) is 0 Å². The zero-order valence-electron chi connectivity index (χ0n) is 9.99. The molecule has 90 valence electrons. The van der Waals surface area contributed by atoms with Crippen molar-refractivity contribution in [3.63, 3.8) is 0 Å². The Morgan fingerprint density at radius 2 is 1.88 bits per heavy atom. The Bertz CT molecular complexity index is 290. The Morgan fingerprint density at radius 1 is 1.31 bits per heavy atom. The van der Waals surface area contributed by atoms with E-state index in [9.17, 15) is 9.59 Å². The minimum absolute atomic E-state index is 0.0510. The summed E-state index contributed by atoms with van der Waals surface area (Å²) in [4.78, 5) is 23.2. The number of ether oxygens (including phenoxy) is 2. The molecule has 0 heterocycles. The molecule has 0 amide bonds. The van der Waals surface area contributed by atoms with Crippen molar-refractivity contribution in [2.45, 2.75) is 26.2 Å². The molecule has 0 spiro atoms. The zero-order chi connectivity index (χ0) is 12.1. The summed E-state index contributed by atoms with van der Waals surface area (Å²) in [5, 5.41) is 0. The predicted octanol–water partition coefficient (Wildman–Crippen LogP) is 1.70. The van der Waals surface area contributed by atoms with Gasteiger partial charge in [0.1, 0.15) is 0 Å². The Labute approximate surface area is 95.6 Å². The fourth-order valence-electron chi connectivity index (χ4n) is 2.31. The van der Waals surface area contributed by atoms with Crippen molar-refractivity contribution in [1.82, 2.24) is 0 Å². The van der Waals surface area contributed by atoms with Gasteiger partial charge in [-0.05, 0) is 26.2 Å². The van der Waals surface area contributed by atoms with Crippen LogP contribution in [0.15, 0.2) is 11.6 Å². The molecule has 1 rings (SSSR count). The van der Waals surface area contributed by atoms with Crippen LogP contribution in [0.4, 0.5) is 0 Å². The molecule has 0 bridgehead atoms. The molecule has 0 N–H and O–H groups in total. The topological polar surface area (TPSA) is 52.6 Å². The third-order valence-corrected chi connectivity index (χ3v) is 3.14. The van der Waals surface area contributed by atoms with Crippen molar-refractivity contribution in [2.24, 2.45) is 11.8 Å². The van der Waals surface area contributed by atoms with E-state index in [1.165, 1.54) is 14.2 Å². The third kappa shape index (κ3) is 2.43. The van der Waals surface area contributed by atoms with Crippen LogP contribution < -0.4 is 0 Å². The van der Waals surface area contributed by atoms with Gasteiger partial charge < -0.3 is 9.47 Å². The first kappa shape index (κ1) is 12.7.